The highest BCUT2D eigenvalue weighted by Crippen LogP contribution is 2.04. The van der Waals surface area contributed by atoms with Gasteiger partial charge in [0.25, 0.3) is 0 Å². The van der Waals surface area contributed by atoms with E-state index >= 15 is 0 Å². The van der Waals surface area contributed by atoms with Gasteiger partial charge in [-0.1, -0.05) is 19.8 Å². The lowest BCUT2D eigenvalue weighted by Crippen LogP contribution is -2.37. The molecule has 0 aromatic carbocycles. The Bertz CT molecular complexity index is 382. The molecule has 5 nitrogen and oxygen atoms in total. The Morgan fingerprint density at radius 1 is 1.56 bits per heavy atom. The number of carbonyl (C=O) groups excluding carboxylic acids is 1. The van der Waals surface area contributed by atoms with Crippen molar-refractivity contribution in [3.05, 3.63) is 23.8 Å². The number of unbranched alkanes of at least 4 members (excludes halogenated alkanes) is 1. The van der Waals surface area contributed by atoms with Crippen molar-refractivity contribution in [2.45, 2.75) is 45.7 Å². The van der Waals surface area contributed by atoms with E-state index in [1.54, 1.807) is 6.20 Å². The summed E-state index contributed by atoms with van der Waals surface area (Å²) < 4.78 is 4.79. The SMILES string of the molecule is CCCCC(NCc1ccnc(C)n1)C(=O)OC. The van der Waals surface area contributed by atoms with Gasteiger partial charge in [0.1, 0.15) is 11.9 Å². The standard InChI is InChI=1S/C13H21N3O2/c1-4-5-6-12(13(17)18-3)15-9-11-7-8-14-10(2)16-11/h7-8,12,15H,4-6,9H2,1-3H3. The zero-order chi connectivity index (χ0) is 13.4. The smallest absolute Gasteiger partial charge is 0.322 e. The summed E-state index contributed by atoms with van der Waals surface area (Å²) in [6, 6.07) is 1.58. The molecule has 0 saturated carbocycles. The summed E-state index contributed by atoms with van der Waals surface area (Å²) >= 11 is 0. The summed E-state index contributed by atoms with van der Waals surface area (Å²) in [5.74, 6) is 0.520. The molecule has 0 saturated heterocycles. The molecule has 1 atom stereocenters. The fraction of sp³-hybridized carbons (Fsp3) is 0.615. The van der Waals surface area contributed by atoms with E-state index in [-0.39, 0.29) is 12.0 Å². The Hall–Kier alpha value is -1.49. The maximum atomic E-state index is 11.6. The highest BCUT2D eigenvalue weighted by atomic mass is 16.5. The van der Waals surface area contributed by atoms with Gasteiger partial charge in [0.05, 0.1) is 12.8 Å². The van der Waals surface area contributed by atoms with Gasteiger partial charge in [0.15, 0.2) is 0 Å². The minimum atomic E-state index is -0.259. The Kier molecular flexibility index (Phi) is 6.28. The van der Waals surface area contributed by atoms with E-state index in [1.165, 1.54) is 7.11 Å². The number of hydrogen-bond acceptors (Lipinski definition) is 5. The fourth-order valence-corrected chi connectivity index (χ4v) is 1.69. The first-order valence-corrected chi connectivity index (χ1v) is 6.27. The van der Waals surface area contributed by atoms with Crippen LogP contribution in [0.3, 0.4) is 0 Å². The van der Waals surface area contributed by atoms with Crippen LogP contribution < -0.4 is 5.32 Å². The highest BCUT2D eigenvalue weighted by Gasteiger charge is 2.17. The molecule has 5 heteroatoms. The third kappa shape index (κ3) is 4.79. The third-order valence-corrected chi connectivity index (χ3v) is 2.70. The molecule has 0 amide bonds. The normalized spacial score (nSPS) is 12.2. The summed E-state index contributed by atoms with van der Waals surface area (Å²) in [5.41, 5.74) is 0.882. The lowest BCUT2D eigenvalue weighted by Gasteiger charge is -2.15. The Labute approximate surface area is 108 Å². The van der Waals surface area contributed by atoms with Crippen LogP contribution in [0.5, 0.6) is 0 Å². The molecular formula is C13H21N3O2. The summed E-state index contributed by atoms with van der Waals surface area (Å²) in [5, 5.41) is 3.18. The van der Waals surface area contributed by atoms with Gasteiger partial charge in [-0.25, -0.2) is 9.97 Å². The van der Waals surface area contributed by atoms with E-state index in [2.05, 4.69) is 22.2 Å². The highest BCUT2D eigenvalue weighted by molar-refractivity contribution is 5.75. The molecule has 1 aromatic rings. The van der Waals surface area contributed by atoms with Gasteiger partial charge in [-0.05, 0) is 19.4 Å². The molecule has 0 aliphatic rings. The molecule has 0 radical (unpaired) electrons. The fourth-order valence-electron chi connectivity index (χ4n) is 1.69. The second-order valence-corrected chi connectivity index (χ2v) is 4.19. The van der Waals surface area contributed by atoms with Crippen molar-refractivity contribution in [2.24, 2.45) is 0 Å². The van der Waals surface area contributed by atoms with E-state index in [0.29, 0.717) is 6.54 Å². The molecule has 100 valence electrons. The van der Waals surface area contributed by atoms with Gasteiger partial charge in [-0.2, -0.15) is 0 Å². The quantitative estimate of drug-likeness (QED) is 0.746. The Balaban J connectivity index is 2.53. The average Bonchev–Trinajstić information content (AvgIpc) is 2.38. The number of nitrogens with zero attached hydrogens (tertiary/aromatic N) is 2. The molecule has 1 aromatic heterocycles. The number of aromatic nitrogens is 2. The maximum absolute atomic E-state index is 11.6. The predicted octanol–water partition coefficient (Wildman–Crippen LogP) is 1.61. The second kappa shape index (κ2) is 7.76. The zero-order valence-electron chi connectivity index (χ0n) is 11.3. The van der Waals surface area contributed by atoms with Gasteiger partial charge in [0.2, 0.25) is 0 Å². The third-order valence-electron chi connectivity index (χ3n) is 2.70. The molecule has 0 aliphatic heterocycles. The first-order valence-electron chi connectivity index (χ1n) is 6.27. The number of ether oxygens (including phenoxy) is 1. The van der Waals surface area contributed by atoms with E-state index in [1.807, 2.05) is 13.0 Å². The largest absolute Gasteiger partial charge is 0.468 e. The molecule has 18 heavy (non-hydrogen) atoms. The van der Waals surface area contributed by atoms with Crippen molar-refractivity contribution in [1.82, 2.24) is 15.3 Å². The summed E-state index contributed by atoms with van der Waals surface area (Å²) in [6.45, 7) is 4.49. The zero-order valence-corrected chi connectivity index (χ0v) is 11.3. The minimum Gasteiger partial charge on any atom is -0.468 e. The lowest BCUT2D eigenvalue weighted by molar-refractivity contribution is -0.143. The summed E-state index contributed by atoms with van der Waals surface area (Å²) in [7, 11) is 1.41. The first kappa shape index (κ1) is 14.6. The number of rotatable bonds is 7. The Morgan fingerprint density at radius 2 is 2.33 bits per heavy atom. The molecule has 1 heterocycles. The number of esters is 1. The monoisotopic (exact) mass is 251 g/mol. The van der Waals surface area contributed by atoms with Gasteiger partial charge in [-0.3, -0.25) is 10.1 Å². The lowest BCUT2D eigenvalue weighted by atomic mass is 10.1. The van der Waals surface area contributed by atoms with Crippen LogP contribution >= 0.6 is 0 Å². The van der Waals surface area contributed by atoms with Gasteiger partial charge < -0.3 is 4.74 Å². The van der Waals surface area contributed by atoms with Crippen molar-refractivity contribution in [3.63, 3.8) is 0 Å². The Morgan fingerprint density at radius 3 is 2.94 bits per heavy atom. The van der Waals surface area contributed by atoms with Crippen LogP contribution in [-0.4, -0.2) is 29.1 Å². The number of nitrogens with one attached hydrogen (secondary N) is 1. The van der Waals surface area contributed by atoms with Crippen LogP contribution in [0.2, 0.25) is 0 Å². The van der Waals surface area contributed by atoms with Crippen molar-refractivity contribution < 1.29 is 9.53 Å². The predicted molar refractivity (Wildman–Crippen MR) is 68.9 cm³/mol. The van der Waals surface area contributed by atoms with Crippen molar-refractivity contribution in [3.8, 4) is 0 Å². The number of methoxy groups -OCH3 is 1. The molecular weight excluding hydrogens is 230 g/mol. The molecule has 1 unspecified atom stereocenters. The molecule has 0 fully saturated rings. The van der Waals surface area contributed by atoms with Crippen LogP contribution in [0.15, 0.2) is 12.3 Å². The molecule has 1 N–H and O–H groups in total. The average molecular weight is 251 g/mol. The molecule has 1 rings (SSSR count). The van der Waals surface area contributed by atoms with Crippen LogP contribution in [0.4, 0.5) is 0 Å². The summed E-state index contributed by atoms with van der Waals surface area (Å²) in [6.07, 6.45) is 4.56. The van der Waals surface area contributed by atoms with Crippen LogP contribution in [0.25, 0.3) is 0 Å². The first-order chi connectivity index (χ1) is 8.67. The van der Waals surface area contributed by atoms with Crippen molar-refractivity contribution >= 4 is 5.97 Å². The van der Waals surface area contributed by atoms with Crippen LogP contribution in [-0.2, 0) is 16.1 Å². The van der Waals surface area contributed by atoms with Gasteiger partial charge >= 0.3 is 5.97 Å². The van der Waals surface area contributed by atoms with Gasteiger partial charge in [-0.15, -0.1) is 0 Å². The second-order valence-electron chi connectivity index (χ2n) is 4.19. The summed E-state index contributed by atoms with van der Waals surface area (Å²) in [4.78, 5) is 19.9. The molecule has 0 aliphatic carbocycles. The number of aryl methyl sites for hydroxylation is 1. The minimum absolute atomic E-state index is 0.214. The van der Waals surface area contributed by atoms with E-state index < -0.39 is 0 Å². The number of hydrogen-bond donors (Lipinski definition) is 1. The molecule has 0 bridgehead atoms. The maximum Gasteiger partial charge on any atom is 0.322 e. The van der Waals surface area contributed by atoms with E-state index in [0.717, 1.165) is 30.8 Å². The van der Waals surface area contributed by atoms with E-state index in [4.69, 9.17) is 4.74 Å². The number of carbonyl (C=O) groups is 1. The van der Waals surface area contributed by atoms with Crippen LogP contribution in [0.1, 0.15) is 37.7 Å². The molecule has 0 spiro atoms. The van der Waals surface area contributed by atoms with E-state index in [9.17, 15) is 4.79 Å². The topological polar surface area (TPSA) is 64.1 Å². The van der Waals surface area contributed by atoms with Crippen LogP contribution in [0, 0.1) is 6.92 Å². The van der Waals surface area contributed by atoms with Gasteiger partial charge in [0, 0.05) is 12.7 Å². The van der Waals surface area contributed by atoms with Crippen molar-refractivity contribution in [2.75, 3.05) is 7.11 Å². The van der Waals surface area contributed by atoms with Crippen molar-refractivity contribution in [1.29, 1.82) is 0 Å².